The lowest BCUT2D eigenvalue weighted by Crippen LogP contribution is -2.60. The van der Waals surface area contributed by atoms with E-state index in [0.717, 1.165) is 36.3 Å². The van der Waals surface area contributed by atoms with Gasteiger partial charge in [-0.1, -0.05) is 18.1 Å². The van der Waals surface area contributed by atoms with Crippen molar-refractivity contribution in [1.29, 1.82) is 0 Å². The molecule has 3 aliphatic heterocycles. The lowest BCUT2D eigenvalue weighted by molar-refractivity contribution is -0.136. The Bertz CT molecular complexity index is 782. The summed E-state index contributed by atoms with van der Waals surface area (Å²) in [5, 5.41) is 4.53. The van der Waals surface area contributed by atoms with Crippen LogP contribution in [0.15, 0.2) is 17.7 Å². The molecule has 3 saturated heterocycles. The van der Waals surface area contributed by atoms with Crippen molar-refractivity contribution in [2.75, 3.05) is 19.6 Å². The quantitative estimate of drug-likeness (QED) is 0.753. The van der Waals surface area contributed by atoms with Crippen molar-refractivity contribution in [2.45, 2.75) is 77.4 Å². The van der Waals surface area contributed by atoms with Crippen molar-refractivity contribution in [3.63, 3.8) is 0 Å². The van der Waals surface area contributed by atoms with E-state index in [4.69, 9.17) is 0 Å². The Hall–Kier alpha value is -1.62. The predicted molar refractivity (Wildman–Crippen MR) is 110 cm³/mol. The van der Waals surface area contributed by atoms with Gasteiger partial charge in [0.05, 0.1) is 11.7 Å². The fourth-order valence-electron chi connectivity index (χ4n) is 6.50. The number of hydrogen-bond acceptors (Lipinski definition) is 3. The van der Waals surface area contributed by atoms with Crippen LogP contribution in [0.25, 0.3) is 0 Å². The van der Waals surface area contributed by atoms with Gasteiger partial charge in [-0.2, -0.15) is 5.10 Å². The maximum atomic E-state index is 13.2. The first-order valence-corrected chi connectivity index (χ1v) is 11.4. The molecule has 1 aliphatic carbocycles. The van der Waals surface area contributed by atoms with E-state index in [1.807, 2.05) is 11.6 Å². The highest BCUT2D eigenvalue weighted by Gasteiger charge is 2.46. The largest absolute Gasteiger partial charge is 0.336 e. The van der Waals surface area contributed by atoms with Gasteiger partial charge >= 0.3 is 0 Å². The summed E-state index contributed by atoms with van der Waals surface area (Å²) in [4.78, 5) is 18.2. The van der Waals surface area contributed by atoms with Crippen molar-refractivity contribution in [2.24, 2.45) is 11.8 Å². The molecule has 1 amide bonds. The van der Waals surface area contributed by atoms with Crippen LogP contribution in [0.3, 0.4) is 0 Å². The van der Waals surface area contributed by atoms with Crippen LogP contribution in [0.2, 0.25) is 0 Å². The van der Waals surface area contributed by atoms with Gasteiger partial charge in [0.2, 0.25) is 5.91 Å². The zero-order valence-corrected chi connectivity index (χ0v) is 17.4. The topological polar surface area (TPSA) is 41.4 Å². The number of aryl methyl sites for hydroxylation is 3. The highest BCUT2D eigenvalue weighted by molar-refractivity contribution is 5.77. The number of likely N-dealkylation sites (tertiary alicyclic amines) is 1. The maximum absolute atomic E-state index is 13.2. The van der Waals surface area contributed by atoms with Crippen LogP contribution in [-0.2, 0) is 11.3 Å². The van der Waals surface area contributed by atoms with Gasteiger partial charge in [0.25, 0.3) is 0 Å². The number of amides is 1. The first kappa shape index (κ1) is 18.4. The van der Waals surface area contributed by atoms with Crippen LogP contribution >= 0.6 is 0 Å². The summed E-state index contributed by atoms with van der Waals surface area (Å²) in [6, 6.07) is 3.22. The highest BCUT2D eigenvalue weighted by Crippen LogP contribution is 2.45. The van der Waals surface area contributed by atoms with Gasteiger partial charge in [-0.15, -0.1) is 0 Å². The second kappa shape index (κ2) is 7.33. The first-order valence-electron chi connectivity index (χ1n) is 11.4. The molecule has 0 aromatic carbocycles. The van der Waals surface area contributed by atoms with E-state index in [2.05, 4.69) is 34.0 Å². The number of rotatable bonds is 3. The lowest BCUT2D eigenvalue weighted by Gasteiger charge is -2.54. The molecular formula is C23H34N4O. The molecule has 0 N–H and O–H groups in total. The molecule has 152 valence electrons. The van der Waals surface area contributed by atoms with Crippen LogP contribution in [0.4, 0.5) is 0 Å². The first-order chi connectivity index (χ1) is 13.6. The summed E-state index contributed by atoms with van der Waals surface area (Å²) >= 11 is 0. The highest BCUT2D eigenvalue weighted by atomic mass is 16.2. The van der Waals surface area contributed by atoms with E-state index in [9.17, 15) is 4.79 Å². The van der Waals surface area contributed by atoms with E-state index >= 15 is 0 Å². The van der Waals surface area contributed by atoms with Gasteiger partial charge in [0, 0.05) is 37.8 Å². The zero-order valence-electron chi connectivity index (χ0n) is 17.4. The van der Waals surface area contributed by atoms with Gasteiger partial charge in [-0.3, -0.25) is 14.4 Å². The van der Waals surface area contributed by atoms with Gasteiger partial charge in [0.15, 0.2) is 0 Å². The van der Waals surface area contributed by atoms with Gasteiger partial charge in [-0.05, 0) is 70.4 Å². The van der Waals surface area contributed by atoms with Crippen molar-refractivity contribution in [3.05, 3.63) is 29.1 Å². The molecule has 5 nitrogen and oxygen atoms in total. The monoisotopic (exact) mass is 382 g/mol. The second-order valence-corrected chi connectivity index (χ2v) is 9.50. The second-order valence-electron chi connectivity index (χ2n) is 9.50. The molecule has 0 radical (unpaired) electrons. The van der Waals surface area contributed by atoms with Gasteiger partial charge < -0.3 is 4.90 Å². The van der Waals surface area contributed by atoms with Gasteiger partial charge in [-0.25, -0.2) is 0 Å². The molecule has 1 aromatic rings. The third-order valence-electron chi connectivity index (χ3n) is 7.62. The molecule has 4 unspecified atom stereocenters. The maximum Gasteiger partial charge on any atom is 0.224 e. The van der Waals surface area contributed by atoms with Crippen molar-refractivity contribution >= 4 is 5.91 Å². The Balaban J connectivity index is 1.32. The molecule has 2 bridgehead atoms. The minimum absolute atomic E-state index is 0.322. The van der Waals surface area contributed by atoms with Crippen LogP contribution in [-0.4, -0.2) is 57.2 Å². The average Bonchev–Trinajstić information content (AvgIpc) is 3.03. The molecule has 0 spiro atoms. The Morgan fingerprint density at radius 1 is 1.21 bits per heavy atom. The van der Waals surface area contributed by atoms with Crippen LogP contribution in [0.5, 0.6) is 0 Å². The molecule has 28 heavy (non-hydrogen) atoms. The molecule has 4 aliphatic rings. The summed E-state index contributed by atoms with van der Waals surface area (Å²) < 4.78 is 1.99. The predicted octanol–water partition coefficient (Wildman–Crippen LogP) is 3.31. The van der Waals surface area contributed by atoms with Gasteiger partial charge in [0.1, 0.15) is 0 Å². The molecule has 5 heteroatoms. The summed E-state index contributed by atoms with van der Waals surface area (Å²) in [7, 11) is 0. The number of nitrogens with zero attached hydrogens (tertiary/aromatic N) is 4. The summed E-state index contributed by atoms with van der Waals surface area (Å²) in [5.41, 5.74) is 3.76. The number of carbonyl (C=O) groups excluding carboxylic acids is 1. The average molecular weight is 383 g/mol. The normalized spacial score (nSPS) is 32.5. The van der Waals surface area contributed by atoms with Crippen molar-refractivity contribution in [1.82, 2.24) is 19.6 Å². The Morgan fingerprint density at radius 2 is 2.11 bits per heavy atom. The Kier molecular flexibility index (Phi) is 4.82. The minimum Gasteiger partial charge on any atom is -0.336 e. The minimum atomic E-state index is 0.322. The summed E-state index contributed by atoms with van der Waals surface area (Å²) in [5.74, 6) is 1.69. The van der Waals surface area contributed by atoms with E-state index < -0.39 is 0 Å². The number of fused-ring (bicyclic) bond motifs is 6. The Labute approximate surface area is 168 Å². The molecule has 5 rings (SSSR count). The van der Waals surface area contributed by atoms with Crippen molar-refractivity contribution in [3.8, 4) is 0 Å². The summed E-state index contributed by atoms with van der Waals surface area (Å²) in [6.07, 6.45) is 10.9. The Morgan fingerprint density at radius 3 is 2.93 bits per heavy atom. The van der Waals surface area contributed by atoms with Crippen LogP contribution in [0, 0.1) is 25.7 Å². The number of carbonyl (C=O) groups is 1. The standard InChI is InChI=1S/C23H34N4O/c1-16-12-17(2)27(24-16)11-8-22(28)26-10-5-6-18-13-19-14-20(23(18)26)15-25-9-4-3-7-21(19)25/h12-13,19-21,23H,3-11,14-15H2,1-2H3. The third kappa shape index (κ3) is 3.22. The zero-order chi connectivity index (χ0) is 19.3. The molecule has 4 heterocycles. The SMILES string of the molecule is Cc1cc(C)n(CCC(=O)N2CCCC3=CC4CC(CN5CCCCC45)C32)n1. The fourth-order valence-corrected chi connectivity index (χ4v) is 6.50. The van der Waals surface area contributed by atoms with E-state index in [0.29, 0.717) is 30.8 Å². The van der Waals surface area contributed by atoms with Crippen molar-refractivity contribution < 1.29 is 4.79 Å². The smallest absolute Gasteiger partial charge is 0.224 e. The molecule has 4 atom stereocenters. The molecular weight excluding hydrogens is 348 g/mol. The van der Waals surface area contributed by atoms with Crippen LogP contribution in [0.1, 0.15) is 56.3 Å². The third-order valence-corrected chi connectivity index (χ3v) is 7.62. The number of hydrogen-bond donors (Lipinski definition) is 0. The molecule has 0 saturated carbocycles. The van der Waals surface area contributed by atoms with E-state index in [-0.39, 0.29) is 0 Å². The lowest BCUT2D eigenvalue weighted by atomic mass is 9.68. The summed E-state index contributed by atoms with van der Waals surface area (Å²) in [6.45, 7) is 8.18. The molecule has 1 aromatic heterocycles. The number of piperidine rings is 3. The van der Waals surface area contributed by atoms with E-state index in [1.54, 1.807) is 5.57 Å². The van der Waals surface area contributed by atoms with Crippen LogP contribution < -0.4 is 0 Å². The fraction of sp³-hybridized carbons (Fsp3) is 0.739. The number of aromatic nitrogens is 2. The molecule has 3 fully saturated rings. The van der Waals surface area contributed by atoms with E-state index in [1.165, 1.54) is 45.2 Å².